The molecule has 1 unspecified atom stereocenters. The molecule has 1 saturated heterocycles. The smallest absolute Gasteiger partial charge is 0.338 e. The number of ether oxygens (including phenoxy) is 3. The molecule has 0 bridgehead atoms. The topological polar surface area (TPSA) is 112 Å². The van der Waals surface area contributed by atoms with Crippen molar-refractivity contribution in [2.75, 3.05) is 25.7 Å². The second-order valence-corrected chi connectivity index (χ2v) is 8.96. The van der Waals surface area contributed by atoms with E-state index in [0.29, 0.717) is 28.5 Å². The third-order valence-corrected chi connectivity index (χ3v) is 6.74. The van der Waals surface area contributed by atoms with Gasteiger partial charge in [-0.2, -0.15) is 0 Å². The SMILES string of the molecule is COc1ccc(C(=O)COC(=O)c2ccc(N3C(=O)CC(SCc4ccco4)C3=O)cc2)cc1OC. The van der Waals surface area contributed by atoms with Crippen molar-refractivity contribution in [1.29, 1.82) is 0 Å². The molecule has 1 aliphatic rings. The predicted octanol–water partition coefficient (Wildman–Crippen LogP) is 3.90. The zero-order valence-electron chi connectivity index (χ0n) is 19.6. The lowest BCUT2D eigenvalue weighted by molar-refractivity contribution is -0.121. The number of rotatable bonds is 10. The minimum absolute atomic E-state index is 0.0895. The van der Waals surface area contributed by atoms with Crippen LogP contribution in [-0.4, -0.2) is 49.6 Å². The number of nitrogens with zero attached hydrogens (tertiary/aromatic N) is 1. The van der Waals surface area contributed by atoms with Crippen LogP contribution in [0.1, 0.15) is 32.9 Å². The molecule has 4 rings (SSSR count). The molecule has 0 saturated carbocycles. The van der Waals surface area contributed by atoms with Gasteiger partial charge in [0.25, 0.3) is 0 Å². The molecule has 2 heterocycles. The summed E-state index contributed by atoms with van der Waals surface area (Å²) < 4.78 is 20.8. The van der Waals surface area contributed by atoms with E-state index < -0.39 is 23.6 Å². The van der Waals surface area contributed by atoms with Crippen LogP contribution >= 0.6 is 11.8 Å². The first-order valence-corrected chi connectivity index (χ1v) is 12.0. The van der Waals surface area contributed by atoms with E-state index in [-0.39, 0.29) is 23.8 Å². The second-order valence-electron chi connectivity index (χ2n) is 7.77. The van der Waals surface area contributed by atoms with Gasteiger partial charge in [-0.3, -0.25) is 14.4 Å². The van der Waals surface area contributed by atoms with Crippen molar-refractivity contribution < 1.29 is 37.8 Å². The molecular weight excluding hydrogens is 486 g/mol. The summed E-state index contributed by atoms with van der Waals surface area (Å²) in [4.78, 5) is 51.3. The maximum absolute atomic E-state index is 12.8. The number of hydrogen-bond acceptors (Lipinski definition) is 9. The van der Waals surface area contributed by atoms with E-state index in [1.807, 2.05) is 6.07 Å². The molecule has 9 nitrogen and oxygen atoms in total. The van der Waals surface area contributed by atoms with Crippen LogP contribution in [0.4, 0.5) is 5.69 Å². The molecule has 0 radical (unpaired) electrons. The number of Topliss-reactive ketones (excluding diaryl/α,β-unsaturated/α-hetero) is 1. The van der Waals surface area contributed by atoms with E-state index in [0.717, 1.165) is 10.7 Å². The largest absolute Gasteiger partial charge is 0.493 e. The van der Waals surface area contributed by atoms with Crippen LogP contribution in [0.15, 0.2) is 65.3 Å². The second kappa shape index (κ2) is 11.1. The van der Waals surface area contributed by atoms with Crippen molar-refractivity contribution in [3.8, 4) is 11.5 Å². The Bertz CT molecular complexity index is 1270. The lowest BCUT2D eigenvalue weighted by atomic mass is 10.1. The molecule has 1 aliphatic heterocycles. The van der Waals surface area contributed by atoms with Gasteiger partial charge in [0, 0.05) is 12.0 Å². The number of furan rings is 1. The number of anilines is 1. The number of imide groups is 1. The summed E-state index contributed by atoms with van der Waals surface area (Å²) in [6.45, 7) is -0.465. The molecule has 3 aromatic rings. The third kappa shape index (κ3) is 5.44. The summed E-state index contributed by atoms with van der Waals surface area (Å²) >= 11 is 1.35. The highest BCUT2D eigenvalue weighted by atomic mass is 32.2. The molecule has 36 heavy (non-hydrogen) atoms. The van der Waals surface area contributed by atoms with Gasteiger partial charge in [-0.1, -0.05) is 0 Å². The summed E-state index contributed by atoms with van der Waals surface area (Å²) in [5.41, 5.74) is 0.854. The fourth-order valence-electron chi connectivity index (χ4n) is 3.64. The highest BCUT2D eigenvalue weighted by molar-refractivity contribution is 7.99. The van der Waals surface area contributed by atoms with Crippen LogP contribution in [0.3, 0.4) is 0 Å². The lowest BCUT2D eigenvalue weighted by Crippen LogP contribution is -2.31. The molecule has 0 aliphatic carbocycles. The fraction of sp³-hybridized carbons (Fsp3) is 0.231. The number of amides is 2. The van der Waals surface area contributed by atoms with E-state index in [1.165, 1.54) is 56.3 Å². The average Bonchev–Trinajstić information content (AvgIpc) is 3.52. The number of carbonyl (C=O) groups excluding carboxylic acids is 4. The summed E-state index contributed by atoms with van der Waals surface area (Å²) in [6.07, 6.45) is 1.65. The van der Waals surface area contributed by atoms with E-state index in [9.17, 15) is 19.2 Å². The van der Waals surface area contributed by atoms with E-state index in [1.54, 1.807) is 24.5 Å². The highest BCUT2D eigenvalue weighted by Gasteiger charge is 2.39. The van der Waals surface area contributed by atoms with Crippen LogP contribution in [0.5, 0.6) is 11.5 Å². The number of ketones is 1. The summed E-state index contributed by atoms with van der Waals surface area (Å²) in [7, 11) is 2.95. The maximum Gasteiger partial charge on any atom is 0.338 e. The number of methoxy groups -OCH3 is 2. The molecular formula is C26H23NO8S. The van der Waals surface area contributed by atoms with Crippen LogP contribution < -0.4 is 14.4 Å². The first-order valence-electron chi connectivity index (χ1n) is 10.9. The summed E-state index contributed by atoms with van der Waals surface area (Å²) in [6, 6.07) is 14.1. The van der Waals surface area contributed by atoms with Crippen LogP contribution in [0, 0.1) is 0 Å². The zero-order valence-corrected chi connectivity index (χ0v) is 20.4. The Balaban J connectivity index is 1.34. The number of benzene rings is 2. The Kier molecular flexibility index (Phi) is 7.74. The highest BCUT2D eigenvalue weighted by Crippen LogP contribution is 2.32. The molecule has 1 fully saturated rings. The minimum Gasteiger partial charge on any atom is -0.493 e. The Morgan fingerprint density at radius 2 is 1.72 bits per heavy atom. The molecule has 186 valence electrons. The van der Waals surface area contributed by atoms with E-state index in [4.69, 9.17) is 18.6 Å². The Labute approximate surface area is 211 Å². The zero-order chi connectivity index (χ0) is 25.7. The molecule has 2 amide bonds. The molecule has 10 heteroatoms. The number of esters is 1. The standard InChI is InChI=1S/C26H23NO8S/c1-32-21-10-7-17(12-22(21)33-2)20(28)14-35-26(31)16-5-8-18(9-6-16)27-24(29)13-23(25(27)30)36-15-19-4-3-11-34-19/h3-12,23H,13-15H2,1-2H3. The van der Waals surface area contributed by atoms with Gasteiger partial charge < -0.3 is 18.6 Å². The van der Waals surface area contributed by atoms with E-state index in [2.05, 4.69) is 0 Å². The minimum atomic E-state index is -0.707. The van der Waals surface area contributed by atoms with Crippen molar-refractivity contribution >= 4 is 41.0 Å². The van der Waals surface area contributed by atoms with Crippen molar-refractivity contribution in [3.63, 3.8) is 0 Å². The summed E-state index contributed by atoms with van der Waals surface area (Å²) in [5, 5.41) is -0.505. The molecule has 1 aromatic heterocycles. The predicted molar refractivity (Wildman–Crippen MR) is 132 cm³/mol. The molecule has 2 aromatic carbocycles. The molecule has 1 atom stereocenters. The van der Waals surface area contributed by atoms with Crippen LogP contribution in [-0.2, 0) is 20.1 Å². The van der Waals surface area contributed by atoms with Gasteiger partial charge >= 0.3 is 5.97 Å². The lowest BCUT2D eigenvalue weighted by Gasteiger charge is -2.15. The third-order valence-electron chi connectivity index (χ3n) is 5.51. The normalized spacial score (nSPS) is 15.2. The fourth-order valence-corrected chi connectivity index (χ4v) is 4.68. The quantitative estimate of drug-likeness (QED) is 0.228. The van der Waals surface area contributed by atoms with Crippen molar-refractivity contribution in [2.45, 2.75) is 17.4 Å². The van der Waals surface area contributed by atoms with Crippen molar-refractivity contribution in [2.24, 2.45) is 0 Å². The number of hydrogen-bond donors (Lipinski definition) is 0. The van der Waals surface area contributed by atoms with Gasteiger partial charge in [-0.25, -0.2) is 9.69 Å². The number of thioether (sulfide) groups is 1. The molecule has 0 N–H and O–H groups in total. The first-order chi connectivity index (χ1) is 17.4. The Morgan fingerprint density at radius 3 is 2.39 bits per heavy atom. The monoisotopic (exact) mass is 509 g/mol. The Hall–Kier alpha value is -4.05. The van der Waals surface area contributed by atoms with Crippen molar-refractivity contribution in [3.05, 3.63) is 77.7 Å². The maximum atomic E-state index is 12.8. The summed E-state index contributed by atoms with van der Waals surface area (Å²) in [5.74, 6) is 0.332. The van der Waals surface area contributed by atoms with Gasteiger partial charge in [-0.05, 0) is 54.6 Å². The van der Waals surface area contributed by atoms with E-state index >= 15 is 0 Å². The van der Waals surface area contributed by atoms with Gasteiger partial charge in [0.05, 0.1) is 42.7 Å². The molecule has 0 spiro atoms. The van der Waals surface area contributed by atoms with Gasteiger partial charge in [0.1, 0.15) is 5.76 Å². The van der Waals surface area contributed by atoms with Gasteiger partial charge in [0.15, 0.2) is 23.9 Å². The first kappa shape index (κ1) is 25.1. The van der Waals surface area contributed by atoms with Crippen LogP contribution in [0.25, 0.3) is 0 Å². The number of carbonyl (C=O) groups is 4. The Morgan fingerprint density at radius 1 is 1.00 bits per heavy atom. The van der Waals surface area contributed by atoms with Crippen molar-refractivity contribution in [1.82, 2.24) is 0 Å². The average molecular weight is 510 g/mol. The van der Waals surface area contributed by atoms with Crippen LogP contribution in [0.2, 0.25) is 0 Å². The van der Waals surface area contributed by atoms with Gasteiger partial charge in [0.2, 0.25) is 11.8 Å². The van der Waals surface area contributed by atoms with Gasteiger partial charge in [-0.15, -0.1) is 11.8 Å².